The average Bonchev–Trinajstić information content (AvgIpc) is 3.10. The number of nitrogens with one attached hydrogen (secondary N) is 1. The van der Waals surface area contributed by atoms with Gasteiger partial charge in [-0.15, -0.1) is 0 Å². The largest absolute Gasteiger partial charge is 0.497 e. The molecule has 7 heteroatoms. The van der Waals surface area contributed by atoms with Crippen LogP contribution in [0.5, 0.6) is 5.75 Å². The van der Waals surface area contributed by atoms with Crippen LogP contribution in [-0.2, 0) is 14.4 Å². The summed E-state index contributed by atoms with van der Waals surface area (Å²) < 4.78 is 5.18. The number of rotatable bonds is 5. The molecule has 2 amide bonds. The van der Waals surface area contributed by atoms with Gasteiger partial charge >= 0.3 is 0 Å². The van der Waals surface area contributed by atoms with Gasteiger partial charge in [-0.2, -0.15) is 0 Å². The number of methoxy groups -OCH3 is 1. The van der Waals surface area contributed by atoms with Crippen molar-refractivity contribution in [1.29, 1.82) is 0 Å². The minimum Gasteiger partial charge on any atom is -0.497 e. The fourth-order valence-electron chi connectivity index (χ4n) is 3.67. The lowest BCUT2D eigenvalue weighted by Gasteiger charge is -2.35. The molecule has 7 nitrogen and oxygen atoms in total. The Kier molecular flexibility index (Phi) is 5.91. The van der Waals surface area contributed by atoms with Crippen LogP contribution in [0.15, 0.2) is 29.4 Å². The van der Waals surface area contributed by atoms with Gasteiger partial charge in [0, 0.05) is 31.5 Å². The number of ether oxygens (including phenoxy) is 1. The minimum absolute atomic E-state index is 0.0325. The maximum atomic E-state index is 13.1. The third-order valence-corrected chi connectivity index (χ3v) is 5.32. The van der Waals surface area contributed by atoms with Crippen molar-refractivity contribution in [2.24, 2.45) is 11.1 Å². The molecule has 0 saturated carbocycles. The molecule has 28 heavy (non-hydrogen) atoms. The van der Waals surface area contributed by atoms with E-state index in [2.05, 4.69) is 10.5 Å². The summed E-state index contributed by atoms with van der Waals surface area (Å²) in [6.07, 6.45) is 1.77. The van der Waals surface area contributed by atoms with E-state index < -0.39 is 5.60 Å². The molecule has 0 radical (unpaired) electrons. The summed E-state index contributed by atoms with van der Waals surface area (Å²) in [5.41, 5.74) is 0.675. The second-order valence-electron chi connectivity index (χ2n) is 8.00. The Labute approximate surface area is 166 Å². The first-order valence-electron chi connectivity index (χ1n) is 9.81. The van der Waals surface area contributed by atoms with Crippen LogP contribution in [0.3, 0.4) is 0 Å². The fourth-order valence-corrected chi connectivity index (χ4v) is 3.67. The van der Waals surface area contributed by atoms with E-state index in [1.165, 1.54) is 0 Å². The lowest BCUT2D eigenvalue weighted by molar-refractivity contribution is -0.155. The van der Waals surface area contributed by atoms with Crippen LogP contribution in [0.25, 0.3) is 0 Å². The average molecular weight is 387 g/mol. The lowest BCUT2D eigenvalue weighted by Crippen LogP contribution is -2.51. The van der Waals surface area contributed by atoms with Gasteiger partial charge in [-0.25, -0.2) is 0 Å². The number of amides is 2. The molecule has 1 fully saturated rings. The first-order chi connectivity index (χ1) is 13.3. The van der Waals surface area contributed by atoms with E-state index in [1.54, 1.807) is 18.9 Å². The molecule has 0 bridgehead atoms. The van der Waals surface area contributed by atoms with Gasteiger partial charge in [-0.1, -0.05) is 5.16 Å². The third kappa shape index (κ3) is 4.29. The molecule has 2 aliphatic rings. The zero-order valence-corrected chi connectivity index (χ0v) is 17.0. The van der Waals surface area contributed by atoms with Crippen LogP contribution in [0, 0.1) is 5.92 Å². The Morgan fingerprint density at radius 1 is 1.25 bits per heavy atom. The molecule has 152 valence electrons. The predicted octanol–water partition coefficient (Wildman–Crippen LogP) is 2.34. The summed E-state index contributed by atoms with van der Waals surface area (Å²) in [5, 5.41) is 7.13. The highest BCUT2D eigenvalue weighted by atomic mass is 16.7. The summed E-state index contributed by atoms with van der Waals surface area (Å²) >= 11 is 0. The molecule has 0 aliphatic carbocycles. The van der Waals surface area contributed by atoms with Crippen LogP contribution in [0.4, 0.5) is 0 Å². The molecule has 0 aromatic heterocycles. The normalized spacial score (nSPS) is 22.6. The quantitative estimate of drug-likeness (QED) is 0.841. The summed E-state index contributed by atoms with van der Waals surface area (Å²) in [6.45, 7) is 6.81. The summed E-state index contributed by atoms with van der Waals surface area (Å²) in [7, 11) is 1.62. The van der Waals surface area contributed by atoms with Gasteiger partial charge in [0.2, 0.25) is 11.5 Å². The SMILES string of the molecule is COc1ccc(C2=NOC(C)(C(=O)N3CCC(C(=O)NC(C)C)CC3)C2)cc1. The van der Waals surface area contributed by atoms with Gasteiger partial charge in [0.25, 0.3) is 5.91 Å². The van der Waals surface area contributed by atoms with Crippen molar-refractivity contribution < 1.29 is 19.2 Å². The third-order valence-electron chi connectivity index (χ3n) is 5.32. The van der Waals surface area contributed by atoms with Crippen molar-refractivity contribution in [1.82, 2.24) is 10.2 Å². The Morgan fingerprint density at radius 2 is 1.89 bits per heavy atom. The number of nitrogens with zero attached hydrogens (tertiary/aromatic N) is 2. The van der Waals surface area contributed by atoms with E-state index in [-0.39, 0.29) is 23.8 Å². The van der Waals surface area contributed by atoms with Gasteiger partial charge in [0.15, 0.2) is 0 Å². The number of hydrogen-bond acceptors (Lipinski definition) is 5. The summed E-state index contributed by atoms with van der Waals surface area (Å²) in [6, 6.07) is 7.68. The molecule has 1 atom stereocenters. The molecule has 1 N–H and O–H groups in total. The zero-order valence-electron chi connectivity index (χ0n) is 17.0. The van der Waals surface area contributed by atoms with Gasteiger partial charge in [0.1, 0.15) is 5.75 Å². The molecule has 1 saturated heterocycles. The highest BCUT2D eigenvalue weighted by molar-refractivity contribution is 6.05. The van der Waals surface area contributed by atoms with Crippen LogP contribution in [0.1, 0.15) is 45.6 Å². The Morgan fingerprint density at radius 3 is 2.46 bits per heavy atom. The maximum absolute atomic E-state index is 13.1. The van der Waals surface area contributed by atoms with Crippen molar-refractivity contribution in [3.63, 3.8) is 0 Å². The van der Waals surface area contributed by atoms with Crippen LogP contribution in [0.2, 0.25) is 0 Å². The van der Waals surface area contributed by atoms with E-state index in [1.807, 2.05) is 38.1 Å². The van der Waals surface area contributed by atoms with Crippen LogP contribution >= 0.6 is 0 Å². The van der Waals surface area contributed by atoms with E-state index in [9.17, 15) is 9.59 Å². The fraction of sp³-hybridized carbons (Fsp3) is 0.571. The van der Waals surface area contributed by atoms with E-state index in [0.29, 0.717) is 32.4 Å². The smallest absolute Gasteiger partial charge is 0.269 e. The second-order valence-corrected chi connectivity index (χ2v) is 8.00. The molecular weight excluding hydrogens is 358 g/mol. The van der Waals surface area contributed by atoms with Crippen LogP contribution in [-0.4, -0.2) is 54.3 Å². The number of carbonyl (C=O) groups excluding carboxylic acids is 2. The molecule has 2 aliphatic heterocycles. The van der Waals surface area contributed by atoms with Crippen molar-refractivity contribution in [2.75, 3.05) is 20.2 Å². The Balaban J connectivity index is 1.57. The molecule has 2 heterocycles. The first kappa shape index (κ1) is 20.2. The number of carbonyl (C=O) groups is 2. The molecule has 1 aromatic carbocycles. The van der Waals surface area contributed by atoms with E-state index in [0.717, 1.165) is 17.0 Å². The number of likely N-dealkylation sites (tertiary alicyclic amines) is 1. The Bertz CT molecular complexity index is 751. The Hall–Kier alpha value is -2.57. The second kappa shape index (κ2) is 8.20. The predicted molar refractivity (Wildman–Crippen MR) is 106 cm³/mol. The monoisotopic (exact) mass is 387 g/mol. The topological polar surface area (TPSA) is 80.2 Å². The van der Waals surface area contributed by atoms with Crippen molar-refractivity contribution in [3.8, 4) is 5.75 Å². The number of piperidine rings is 1. The number of oxime groups is 1. The highest BCUT2D eigenvalue weighted by Gasteiger charge is 2.45. The van der Waals surface area contributed by atoms with E-state index >= 15 is 0 Å². The van der Waals surface area contributed by atoms with Crippen LogP contribution < -0.4 is 10.1 Å². The van der Waals surface area contributed by atoms with Gasteiger partial charge in [-0.3, -0.25) is 9.59 Å². The van der Waals surface area contributed by atoms with E-state index in [4.69, 9.17) is 9.57 Å². The van der Waals surface area contributed by atoms with Crippen molar-refractivity contribution >= 4 is 17.5 Å². The number of hydrogen-bond donors (Lipinski definition) is 1. The summed E-state index contributed by atoms with van der Waals surface area (Å²) in [5.74, 6) is 0.749. The molecule has 0 spiro atoms. The maximum Gasteiger partial charge on any atom is 0.269 e. The minimum atomic E-state index is -0.998. The first-order valence-corrected chi connectivity index (χ1v) is 9.81. The van der Waals surface area contributed by atoms with Gasteiger partial charge in [0.05, 0.1) is 12.8 Å². The lowest BCUT2D eigenvalue weighted by atomic mass is 9.91. The zero-order chi connectivity index (χ0) is 20.3. The molecule has 1 aromatic rings. The standard InChI is InChI=1S/C21H29N3O4/c1-14(2)22-19(25)16-9-11-24(12-10-16)20(26)21(3)13-18(23-28-21)15-5-7-17(27-4)8-6-15/h5-8,14,16H,9-13H2,1-4H3,(H,22,25). The van der Waals surface area contributed by atoms with Crippen molar-refractivity contribution in [2.45, 2.75) is 51.7 Å². The summed E-state index contributed by atoms with van der Waals surface area (Å²) in [4.78, 5) is 32.6. The number of benzene rings is 1. The van der Waals surface area contributed by atoms with Crippen molar-refractivity contribution in [3.05, 3.63) is 29.8 Å². The van der Waals surface area contributed by atoms with Gasteiger partial charge in [-0.05, 0) is 63.4 Å². The van der Waals surface area contributed by atoms with Gasteiger partial charge < -0.3 is 19.8 Å². The molecule has 3 rings (SSSR count). The molecule has 1 unspecified atom stereocenters. The molecular formula is C21H29N3O4. The highest BCUT2D eigenvalue weighted by Crippen LogP contribution is 2.31.